The van der Waals surface area contributed by atoms with Gasteiger partial charge in [-0.1, -0.05) is 13.0 Å². The van der Waals surface area contributed by atoms with E-state index < -0.39 is 10.0 Å². The van der Waals surface area contributed by atoms with Crippen LogP contribution in [-0.2, 0) is 10.0 Å². The molecule has 1 aromatic rings. The van der Waals surface area contributed by atoms with Gasteiger partial charge < -0.3 is 5.73 Å². The average molecular weight is 319 g/mol. The lowest BCUT2D eigenvalue weighted by molar-refractivity contribution is 0.250. The standard InChI is InChI=1S/C14H22N2O2S.ClH/c1-10-4-5-13(8-11(10)2)19(17,18)16-7-6-14(15)12(3)9-16;/h4-5,8,12,14H,6-7,9,15H2,1-3H3;1H. The van der Waals surface area contributed by atoms with Crippen molar-refractivity contribution in [2.24, 2.45) is 11.7 Å². The van der Waals surface area contributed by atoms with Crippen molar-refractivity contribution in [3.8, 4) is 0 Å². The molecule has 20 heavy (non-hydrogen) atoms. The van der Waals surface area contributed by atoms with Crippen molar-refractivity contribution in [1.29, 1.82) is 0 Å². The summed E-state index contributed by atoms with van der Waals surface area (Å²) in [4.78, 5) is 0.387. The lowest BCUT2D eigenvalue weighted by Crippen LogP contribution is -2.48. The lowest BCUT2D eigenvalue weighted by atomic mass is 9.96. The van der Waals surface area contributed by atoms with Crippen molar-refractivity contribution in [2.45, 2.75) is 38.1 Å². The van der Waals surface area contributed by atoms with Gasteiger partial charge >= 0.3 is 0 Å². The van der Waals surface area contributed by atoms with Gasteiger partial charge in [-0.3, -0.25) is 0 Å². The second-order valence-corrected chi connectivity index (χ2v) is 7.48. The molecule has 1 aliphatic heterocycles. The molecule has 0 amide bonds. The molecule has 1 aliphatic rings. The minimum absolute atomic E-state index is 0. The molecule has 1 heterocycles. The number of hydrogen-bond donors (Lipinski definition) is 1. The molecule has 0 aromatic heterocycles. The number of halogens is 1. The van der Waals surface area contributed by atoms with Gasteiger partial charge in [0, 0.05) is 19.1 Å². The van der Waals surface area contributed by atoms with E-state index in [4.69, 9.17) is 5.73 Å². The maximum Gasteiger partial charge on any atom is 0.243 e. The summed E-state index contributed by atoms with van der Waals surface area (Å²) in [7, 11) is -3.38. The van der Waals surface area contributed by atoms with Crippen LogP contribution >= 0.6 is 12.4 Å². The first kappa shape index (κ1) is 17.4. The van der Waals surface area contributed by atoms with Gasteiger partial charge in [-0.15, -0.1) is 12.4 Å². The van der Waals surface area contributed by atoms with E-state index in [0.717, 1.165) is 17.5 Å². The summed E-state index contributed by atoms with van der Waals surface area (Å²) in [5, 5.41) is 0. The topological polar surface area (TPSA) is 63.4 Å². The Hall–Kier alpha value is -0.620. The van der Waals surface area contributed by atoms with Gasteiger partial charge in [0.2, 0.25) is 10.0 Å². The molecule has 0 radical (unpaired) electrons. The van der Waals surface area contributed by atoms with Crippen LogP contribution in [0.4, 0.5) is 0 Å². The zero-order valence-electron chi connectivity index (χ0n) is 12.2. The summed E-state index contributed by atoms with van der Waals surface area (Å²) in [5.41, 5.74) is 8.05. The molecule has 0 bridgehead atoms. The lowest BCUT2D eigenvalue weighted by Gasteiger charge is -2.34. The van der Waals surface area contributed by atoms with Gasteiger partial charge in [0.05, 0.1) is 4.90 Å². The second kappa shape index (κ2) is 6.43. The number of rotatable bonds is 2. The van der Waals surface area contributed by atoms with Crippen LogP contribution in [0.2, 0.25) is 0 Å². The number of benzene rings is 1. The second-order valence-electron chi connectivity index (χ2n) is 5.54. The maximum atomic E-state index is 12.6. The van der Waals surface area contributed by atoms with Gasteiger partial charge in [0.15, 0.2) is 0 Å². The average Bonchev–Trinajstić information content (AvgIpc) is 2.35. The minimum atomic E-state index is -3.38. The van der Waals surface area contributed by atoms with Crippen molar-refractivity contribution in [3.05, 3.63) is 29.3 Å². The molecule has 2 unspecified atom stereocenters. The van der Waals surface area contributed by atoms with E-state index in [1.165, 1.54) is 0 Å². The van der Waals surface area contributed by atoms with Crippen LogP contribution in [0.3, 0.4) is 0 Å². The van der Waals surface area contributed by atoms with E-state index in [1.807, 2.05) is 26.8 Å². The van der Waals surface area contributed by atoms with E-state index in [9.17, 15) is 8.42 Å². The van der Waals surface area contributed by atoms with Crippen molar-refractivity contribution in [3.63, 3.8) is 0 Å². The van der Waals surface area contributed by atoms with Crippen LogP contribution in [0.25, 0.3) is 0 Å². The van der Waals surface area contributed by atoms with Gasteiger partial charge in [-0.2, -0.15) is 4.31 Å². The number of aryl methyl sites for hydroxylation is 2. The maximum absolute atomic E-state index is 12.6. The highest BCUT2D eigenvalue weighted by molar-refractivity contribution is 7.89. The van der Waals surface area contributed by atoms with Crippen LogP contribution in [-0.4, -0.2) is 31.9 Å². The first-order valence-electron chi connectivity index (χ1n) is 6.65. The smallest absolute Gasteiger partial charge is 0.243 e. The molecule has 6 heteroatoms. The Kier molecular flexibility index (Phi) is 5.61. The number of piperidine rings is 1. The Morgan fingerprint density at radius 1 is 1.25 bits per heavy atom. The molecule has 1 saturated heterocycles. The molecular formula is C14H23ClN2O2S. The minimum Gasteiger partial charge on any atom is -0.327 e. The van der Waals surface area contributed by atoms with Crippen LogP contribution in [0, 0.1) is 19.8 Å². The van der Waals surface area contributed by atoms with Crippen molar-refractivity contribution in [2.75, 3.05) is 13.1 Å². The Morgan fingerprint density at radius 2 is 1.90 bits per heavy atom. The highest BCUT2D eigenvalue weighted by Gasteiger charge is 2.31. The monoisotopic (exact) mass is 318 g/mol. The fourth-order valence-electron chi connectivity index (χ4n) is 2.37. The molecule has 1 fully saturated rings. The molecule has 1 aromatic carbocycles. The number of nitrogens with two attached hydrogens (primary N) is 1. The summed E-state index contributed by atoms with van der Waals surface area (Å²) in [6.45, 7) is 6.95. The van der Waals surface area contributed by atoms with Gasteiger partial charge in [-0.25, -0.2) is 8.42 Å². The van der Waals surface area contributed by atoms with Gasteiger partial charge in [0.25, 0.3) is 0 Å². The highest BCUT2D eigenvalue weighted by Crippen LogP contribution is 2.24. The van der Waals surface area contributed by atoms with E-state index in [-0.39, 0.29) is 24.4 Å². The summed E-state index contributed by atoms with van der Waals surface area (Å²) >= 11 is 0. The Morgan fingerprint density at radius 3 is 2.45 bits per heavy atom. The van der Waals surface area contributed by atoms with Crippen LogP contribution in [0.1, 0.15) is 24.5 Å². The molecule has 2 atom stereocenters. The predicted octanol–water partition coefficient (Wildman–Crippen LogP) is 2.08. The van der Waals surface area contributed by atoms with E-state index in [1.54, 1.807) is 16.4 Å². The Bertz CT molecular complexity index is 575. The third-order valence-corrected chi connectivity index (χ3v) is 5.91. The molecule has 0 aliphatic carbocycles. The number of sulfonamides is 1. The van der Waals surface area contributed by atoms with E-state index >= 15 is 0 Å². The van der Waals surface area contributed by atoms with Crippen molar-refractivity contribution >= 4 is 22.4 Å². The fraction of sp³-hybridized carbons (Fsp3) is 0.571. The van der Waals surface area contributed by atoms with Crippen LogP contribution < -0.4 is 5.73 Å². The normalized spacial score (nSPS) is 24.2. The first-order valence-corrected chi connectivity index (χ1v) is 8.09. The van der Waals surface area contributed by atoms with E-state index in [0.29, 0.717) is 18.0 Å². The SMILES string of the molecule is Cc1ccc(S(=O)(=O)N2CCC(N)C(C)C2)cc1C.Cl. The first-order chi connectivity index (χ1) is 8.82. The quantitative estimate of drug-likeness (QED) is 0.908. The molecule has 4 nitrogen and oxygen atoms in total. The Balaban J connectivity index is 0.00000200. The van der Waals surface area contributed by atoms with Crippen LogP contribution in [0.5, 0.6) is 0 Å². The molecule has 0 saturated carbocycles. The number of hydrogen-bond acceptors (Lipinski definition) is 3. The van der Waals surface area contributed by atoms with Gasteiger partial charge in [-0.05, 0) is 49.4 Å². The zero-order chi connectivity index (χ0) is 14.2. The molecule has 2 rings (SSSR count). The summed E-state index contributed by atoms with van der Waals surface area (Å²) in [6.07, 6.45) is 0.727. The molecule has 114 valence electrons. The summed E-state index contributed by atoms with van der Waals surface area (Å²) in [6, 6.07) is 5.41. The van der Waals surface area contributed by atoms with E-state index in [2.05, 4.69) is 0 Å². The largest absolute Gasteiger partial charge is 0.327 e. The van der Waals surface area contributed by atoms with Crippen molar-refractivity contribution < 1.29 is 8.42 Å². The molecule has 0 spiro atoms. The molecular weight excluding hydrogens is 296 g/mol. The number of nitrogens with zero attached hydrogens (tertiary/aromatic N) is 1. The summed E-state index contributed by atoms with van der Waals surface area (Å²) in [5.74, 6) is 0.204. The predicted molar refractivity (Wildman–Crippen MR) is 83.7 cm³/mol. The van der Waals surface area contributed by atoms with Crippen molar-refractivity contribution in [1.82, 2.24) is 4.31 Å². The fourth-order valence-corrected chi connectivity index (χ4v) is 4.01. The van der Waals surface area contributed by atoms with Gasteiger partial charge in [0.1, 0.15) is 0 Å². The Labute approximate surface area is 127 Å². The summed E-state index contributed by atoms with van der Waals surface area (Å²) < 4.78 is 26.7. The highest BCUT2D eigenvalue weighted by atomic mass is 35.5. The molecule has 2 N–H and O–H groups in total. The third-order valence-electron chi connectivity index (χ3n) is 4.05. The van der Waals surface area contributed by atoms with Crippen LogP contribution in [0.15, 0.2) is 23.1 Å². The zero-order valence-corrected chi connectivity index (χ0v) is 13.8. The third kappa shape index (κ3) is 3.34.